The maximum atomic E-state index is 4.98. The van der Waals surface area contributed by atoms with Gasteiger partial charge in [0.05, 0.1) is 0 Å². The zero-order valence-corrected chi connectivity index (χ0v) is 29.5. The fourth-order valence-corrected chi connectivity index (χ4v) is 8.33. The first-order chi connectivity index (χ1) is 26.2. The highest BCUT2D eigenvalue weighted by molar-refractivity contribution is 7.99. The van der Waals surface area contributed by atoms with E-state index in [-0.39, 0.29) is 0 Å². The Labute approximate surface area is 312 Å². The third-order valence-electron chi connectivity index (χ3n) is 9.97. The Bertz CT molecular complexity index is 2760. The zero-order valence-electron chi connectivity index (χ0n) is 28.6. The second kappa shape index (κ2) is 13.2. The molecule has 0 unspecified atom stereocenters. The summed E-state index contributed by atoms with van der Waals surface area (Å²) in [5.74, 6) is 1.95. The maximum absolute atomic E-state index is 4.98. The van der Waals surface area contributed by atoms with Crippen molar-refractivity contribution in [1.82, 2.24) is 15.0 Å². The van der Waals surface area contributed by atoms with Gasteiger partial charge in [-0.3, -0.25) is 0 Å². The topological polar surface area (TPSA) is 38.7 Å². The van der Waals surface area contributed by atoms with E-state index in [1.54, 1.807) is 0 Å². The van der Waals surface area contributed by atoms with Crippen LogP contribution in [0, 0.1) is 0 Å². The van der Waals surface area contributed by atoms with Crippen LogP contribution in [0.3, 0.4) is 0 Å². The van der Waals surface area contributed by atoms with Crippen LogP contribution in [-0.2, 0) is 0 Å². The lowest BCUT2D eigenvalue weighted by atomic mass is 9.94. The summed E-state index contributed by atoms with van der Waals surface area (Å²) in [6, 6.07) is 66.4. The second-order valence-corrected chi connectivity index (χ2v) is 14.3. The summed E-state index contributed by atoms with van der Waals surface area (Å²) in [4.78, 5) is 17.5. The SMILES string of the molecule is c1ccc(-c2ccc(-c3nc(-c4ccccc4)nc(-c4ccc(-c5ccc(-c6ccc7c(c6)-c6cccc8cccc(c68)S7)cc5)cc4)n3)cc2)cc1. The van der Waals surface area contributed by atoms with E-state index in [4.69, 9.17) is 15.0 Å². The van der Waals surface area contributed by atoms with Crippen molar-refractivity contribution < 1.29 is 0 Å². The number of fused-ring (bicyclic) bond motifs is 2. The normalized spacial score (nSPS) is 11.7. The van der Waals surface area contributed by atoms with Gasteiger partial charge in [0.2, 0.25) is 0 Å². The Balaban J connectivity index is 0.945. The van der Waals surface area contributed by atoms with Crippen LogP contribution in [0.4, 0.5) is 0 Å². The molecule has 0 atom stereocenters. The molecule has 4 heteroatoms. The predicted molar refractivity (Wildman–Crippen MR) is 220 cm³/mol. The smallest absolute Gasteiger partial charge is 0.164 e. The first-order valence-electron chi connectivity index (χ1n) is 17.8. The highest BCUT2D eigenvalue weighted by Crippen LogP contribution is 2.48. The summed E-state index contributed by atoms with van der Waals surface area (Å²) in [5.41, 5.74) is 12.5. The molecule has 0 bridgehead atoms. The van der Waals surface area contributed by atoms with Gasteiger partial charge < -0.3 is 0 Å². The van der Waals surface area contributed by atoms with E-state index >= 15 is 0 Å². The predicted octanol–water partition coefficient (Wildman–Crippen LogP) is 13.2. The molecule has 0 radical (unpaired) electrons. The molecule has 0 spiro atoms. The van der Waals surface area contributed by atoms with Crippen molar-refractivity contribution in [2.24, 2.45) is 0 Å². The van der Waals surface area contributed by atoms with Crippen LogP contribution in [0.25, 0.3) is 89.4 Å². The number of hydrogen-bond acceptors (Lipinski definition) is 4. The summed E-state index contributed by atoms with van der Waals surface area (Å²) in [6.45, 7) is 0. The first kappa shape index (κ1) is 31.1. The zero-order chi connectivity index (χ0) is 35.1. The Morgan fingerprint density at radius 2 is 0.698 bits per heavy atom. The summed E-state index contributed by atoms with van der Waals surface area (Å²) in [5, 5.41) is 2.64. The highest BCUT2D eigenvalue weighted by atomic mass is 32.2. The summed E-state index contributed by atoms with van der Waals surface area (Å²) < 4.78 is 0. The molecule has 2 heterocycles. The Morgan fingerprint density at radius 3 is 1.25 bits per heavy atom. The van der Waals surface area contributed by atoms with E-state index in [0.717, 1.165) is 33.4 Å². The highest BCUT2D eigenvalue weighted by Gasteiger charge is 2.19. The standard InChI is InChI=1S/C49H31N3S/c1-3-9-32(10-4-1)33-21-25-39(26-22-33)48-50-47(38-11-5-2-6-12-38)51-49(52-48)40-27-23-35(24-28-40)34-17-19-36(20-18-34)41-29-30-44-43(31-41)42-15-7-13-37-14-8-16-45(53-44)46(37)42/h1-31H. The molecular formula is C49H31N3S. The van der Waals surface area contributed by atoms with Crippen molar-refractivity contribution in [1.29, 1.82) is 0 Å². The molecule has 0 fully saturated rings. The van der Waals surface area contributed by atoms with Crippen molar-refractivity contribution in [2.45, 2.75) is 9.79 Å². The Kier molecular flexibility index (Phi) is 7.74. The minimum atomic E-state index is 0.645. The molecule has 0 amide bonds. The fraction of sp³-hybridized carbons (Fsp3) is 0. The minimum absolute atomic E-state index is 0.645. The van der Waals surface area contributed by atoms with Gasteiger partial charge in [0, 0.05) is 31.9 Å². The van der Waals surface area contributed by atoms with Gasteiger partial charge in [0.15, 0.2) is 17.5 Å². The van der Waals surface area contributed by atoms with Gasteiger partial charge in [0.25, 0.3) is 0 Å². The number of hydrogen-bond donors (Lipinski definition) is 0. The van der Waals surface area contributed by atoms with Crippen LogP contribution >= 0.6 is 11.8 Å². The van der Waals surface area contributed by atoms with Gasteiger partial charge >= 0.3 is 0 Å². The van der Waals surface area contributed by atoms with Gasteiger partial charge in [-0.15, -0.1) is 0 Å². The summed E-state index contributed by atoms with van der Waals surface area (Å²) in [7, 11) is 0. The van der Waals surface area contributed by atoms with Crippen LogP contribution in [0.5, 0.6) is 0 Å². The number of aromatic nitrogens is 3. The molecule has 8 aromatic carbocycles. The average molecular weight is 694 g/mol. The molecule has 248 valence electrons. The van der Waals surface area contributed by atoms with Crippen molar-refractivity contribution in [2.75, 3.05) is 0 Å². The molecule has 1 aliphatic rings. The van der Waals surface area contributed by atoms with E-state index in [1.807, 2.05) is 48.2 Å². The lowest BCUT2D eigenvalue weighted by Gasteiger charge is -2.21. The Hall–Kier alpha value is -6.62. The molecule has 0 saturated heterocycles. The van der Waals surface area contributed by atoms with Gasteiger partial charge in [0.1, 0.15) is 0 Å². The number of rotatable bonds is 6. The number of nitrogens with zero attached hydrogens (tertiary/aromatic N) is 3. The van der Waals surface area contributed by atoms with E-state index in [0.29, 0.717) is 17.5 Å². The molecule has 9 aromatic rings. The van der Waals surface area contributed by atoms with Gasteiger partial charge in [-0.05, 0) is 68.1 Å². The molecule has 1 aliphatic heterocycles. The van der Waals surface area contributed by atoms with Gasteiger partial charge in [-0.2, -0.15) is 0 Å². The average Bonchev–Trinajstić information content (AvgIpc) is 3.24. The molecule has 1 aromatic heterocycles. The first-order valence-corrected chi connectivity index (χ1v) is 18.6. The van der Waals surface area contributed by atoms with Crippen LogP contribution < -0.4 is 0 Å². The largest absolute Gasteiger partial charge is 0.208 e. The third-order valence-corrected chi connectivity index (χ3v) is 11.1. The van der Waals surface area contributed by atoms with Crippen LogP contribution in [0.15, 0.2) is 198 Å². The molecule has 3 nitrogen and oxygen atoms in total. The van der Waals surface area contributed by atoms with Crippen molar-refractivity contribution >= 4 is 22.5 Å². The number of benzene rings is 8. The van der Waals surface area contributed by atoms with Crippen LogP contribution in [0.1, 0.15) is 0 Å². The van der Waals surface area contributed by atoms with Crippen molar-refractivity contribution in [3.05, 3.63) is 188 Å². The quantitative estimate of drug-likeness (QED) is 0.174. The lowest BCUT2D eigenvalue weighted by molar-refractivity contribution is 1.07. The fourth-order valence-electron chi connectivity index (χ4n) is 7.20. The second-order valence-electron chi connectivity index (χ2n) is 13.2. The van der Waals surface area contributed by atoms with E-state index < -0.39 is 0 Å². The molecule has 0 aliphatic carbocycles. The van der Waals surface area contributed by atoms with Gasteiger partial charge in [-0.25, -0.2) is 15.0 Å². The molecular weight excluding hydrogens is 663 g/mol. The minimum Gasteiger partial charge on any atom is -0.208 e. The van der Waals surface area contributed by atoms with Crippen molar-refractivity contribution in [3.63, 3.8) is 0 Å². The van der Waals surface area contributed by atoms with E-state index in [9.17, 15) is 0 Å². The van der Waals surface area contributed by atoms with Crippen LogP contribution in [-0.4, -0.2) is 15.0 Å². The monoisotopic (exact) mass is 693 g/mol. The maximum Gasteiger partial charge on any atom is 0.164 e. The lowest BCUT2D eigenvalue weighted by Crippen LogP contribution is -2.00. The molecule has 10 rings (SSSR count). The summed E-state index contributed by atoms with van der Waals surface area (Å²) in [6.07, 6.45) is 0. The van der Waals surface area contributed by atoms with E-state index in [1.165, 1.54) is 48.4 Å². The third kappa shape index (κ3) is 5.89. The molecule has 0 N–H and O–H groups in total. The van der Waals surface area contributed by atoms with Gasteiger partial charge in [-0.1, -0.05) is 182 Å². The summed E-state index contributed by atoms with van der Waals surface area (Å²) >= 11 is 1.86. The van der Waals surface area contributed by atoms with Crippen molar-refractivity contribution in [3.8, 4) is 78.7 Å². The van der Waals surface area contributed by atoms with E-state index in [2.05, 4.69) is 152 Å². The molecule has 53 heavy (non-hydrogen) atoms. The Morgan fingerprint density at radius 1 is 0.283 bits per heavy atom. The molecule has 0 saturated carbocycles. The van der Waals surface area contributed by atoms with Crippen LogP contribution in [0.2, 0.25) is 0 Å².